The Morgan fingerprint density at radius 3 is 2.54 bits per heavy atom. The molecule has 4 nitrogen and oxygen atoms in total. The monoisotopic (exact) mass is 437 g/mol. The second-order valence-corrected chi connectivity index (χ2v) is 7.47. The third kappa shape index (κ3) is 4.43. The Balaban J connectivity index is 1.42. The summed E-state index contributed by atoms with van der Waals surface area (Å²) in [5.41, 5.74) is 2.76. The maximum Gasteiger partial charge on any atom is 0.185 e. The van der Waals surface area contributed by atoms with Gasteiger partial charge in [-0.1, -0.05) is 28.1 Å². The SMILES string of the molecule is O=C(/C=C\c1ccc(-c2cccc(Br)c2)o1)c1ccc(N2CCOCC2)cc1. The number of morpholine rings is 1. The highest BCUT2D eigenvalue weighted by molar-refractivity contribution is 9.10. The molecule has 1 saturated heterocycles. The summed E-state index contributed by atoms with van der Waals surface area (Å²) in [5.74, 6) is 1.37. The molecule has 0 spiro atoms. The van der Waals surface area contributed by atoms with Gasteiger partial charge in [0.2, 0.25) is 0 Å². The average Bonchev–Trinajstić information content (AvgIpc) is 3.22. The normalized spacial score (nSPS) is 14.5. The number of benzene rings is 2. The minimum Gasteiger partial charge on any atom is -0.457 e. The van der Waals surface area contributed by atoms with Crippen LogP contribution < -0.4 is 4.90 Å². The van der Waals surface area contributed by atoms with Crippen molar-refractivity contribution in [1.82, 2.24) is 0 Å². The smallest absolute Gasteiger partial charge is 0.185 e. The number of rotatable bonds is 5. The second kappa shape index (κ2) is 8.59. The van der Waals surface area contributed by atoms with Crippen molar-refractivity contribution in [2.24, 2.45) is 0 Å². The summed E-state index contributed by atoms with van der Waals surface area (Å²) in [5, 5.41) is 0. The quantitative estimate of drug-likeness (QED) is 0.393. The average molecular weight is 438 g/mol. The minimum absolute atomic E-state index is 0.0473. The number of carbonyl (C=O) groups excluding carboxylic acids is 1. The zero-order valence-corrected chi connectivity index (χ0v) is 16.9. The predicted octanol–water partition coefficient (Wildman–Crippen LogP) is 5.44. The van der Waals surface area contributed by atoms with Crippen LogP contribution in [0, 0.1) is 0 Å². The third-order valence-electron chi connectivity index (χ3n) is 4.66. The fraction of sp³-hybridized carbons (Fsp3) is 0.174. The van der Waals surface area contributed by atoms with E-state index >= 15 is 0 Å². The van der Waals surface area contributed by atoms with E-state index in [4.69, 9.17) is 9.15 Å². The lowest BCUT2D eigenvalue weighted by atomic mass is 10.1. The van der Waals surface area contributed by atoms with E-state index in [-0.39, 0.29) is 5.78 Å². The molecule has 1 aliphatic rings. The summed E-state index contributed by atoms with van der Waals surface area (Å²) in [7, 11) is 0. The van der Waals surface area contributed by atoms with Gasteiger partial charge in [-0.15, -0.1) is 0 Å². The third-order valence-corrected chi connectivity index (χ3v) is 5.16. The molecule has 1 aliphatic heterocycles. The second-order valence-electron chi connectivity index (χ2n) is 6.56. The lowest BCUT2D eigenvalue weighted by Crippen LogP contribution is -2.36. The molecule has 0 saturated carbocycles. The number of allylic oxidation sites excluding steroid dienone is 1. The van der Waals surface area contributed by atoms with Gasteiger partial charge >= 0.3 is 0 Å². The van der Waals surface area contributed by atoms with Crippen molar-refractivity contribution < 1.29 is 13.9 Å². The van der Waals surface area contributed by atoms with Crippen molar-refractivity contribution in [2.45, 2.75) is 0 Å². The zero-order valence-electron chi connectivity index (χ0n) is 15.3. The van der Waals surface area contributed by atoms with E-state index in [1.807, 2.05) is 60.7 Å². The van der Waals surface area contributed by atoms with Gasteiger partial charge in [0.15, 0.2) is 5.78 Å². The first-order chi connectivity index (χ1) is 13.7. The predicted molar refractivity (Wildman–Crippen MR) is 115 cm³/mol. The minimum atomic E-state index is -0.0473. The van der Waals surface area contributed by atoms with Gasteiger partial charge in [0, 0.05) is 34.4 Å². The maximum absolute atomic E-state index is 12.5. The van der Waals surface area contributed by atoms with Gasteiger partial charge in [-0.3, -0.25) is 4.79 Å². The maximum atomic E-state index is 12.5. The molecule has 2 aromatic carbocycles. The Morgan fingerprint density at radius 1 is 1.00 bits per heavy atom. The van der Waals surface area contributed by atoms with Crippen LogP contribution in [-0.2, 0) is 4.74 Å². The molecule has 0 amide bonds. The fourth-order valence-corrected chi connectivity index (χ4v) is 3.55. The standard InChI is InChI=1S/C23H20BrNO3/c24-19-3-1-2-18(16-19)23-11-9-21(28-23)8-10-22(26)17-4-6-20(7-5-17)25-12-14-27-15-13-25/h1-11,16H,12-15H2/b10-8-. The first kappa shape index (κ1) is 18.7. The summed E-state index contributed by atoms with van der Waals surface area (Å²) < 4.78 is 12.2. The van der Waals surface area contributed by atoms with Crippen LogP contribution >= 0.6 is 15.9 Å². The van der Waals surface area contributed by atoms with Crippen LogP contribution in [0.25, 0.3) is 17.4 Å². The lowest BCUT2D eigenvalue weighted by molar-refractivity contribution is 0.104. The first-order valence-electron chi connectivity index (χ1n) is 9.20. The molecule has 2 heterocycles. The molecular formula is C23H20BrNO3. The van der Waals surface area contributed by atoms with Crippen molar-refractivity contribution in [3.63, 3.8) is 0 Å². The van der Waals surface area contributed by atoms with E-state index < -0.39 is 0 Å². The number of halogens is 1. The molecule has 4 rings (SSSR count). The van der Waals surface area contributed by atoms with Crippen LogP contribution in [0.2, 0.25) is 0 Å². The Morgan fingerprint density at radius 2 is 1.79 bits per heavy atom. The molecular weight excluding hydrogens is 418 g/mol. The van der Waals surface area contributed by atoms with Crippen LogP contribution in [0.1, 0.15) is 16.1 Å². The van der Waals surface area contributed by atoms with Gasteiger partial charge in [0.25, 0.3) is 0 Å². The van der Waals surface area contributed by atoms with Crippen LogP contribution in [-0.4, -0.2) is 32.1 Å². The Bertz CT molecular complexity index is 985. The number of hydrogen-bond donors (Lipinski definition) is 0. The highest BCUT2D eigenvalue weighted by Crippen LogP contribution is 2.25. The number of nitrogens with zero attached hydrogens (tertiary/aromatic N) is 1. The molecule has 1 aromatic heterocycles. The van der Waals surface area contributed by atoms with Crippen LogP contribution in [0.5, 0.6) is 0 Å². The summed E-state index contributed by atoms with van der Waals surface area (Å²) in [6.45, 7) is 3.25. The Kier molecular flexibility index (Phi) is 5.74. The van der Waals surface area contributed by atoms with E-state index in [2.05, 4.69) is 20.8 Å². The molecule has 28 heavy (non-hydrogen) atoms. The van der Waals surface area contributed by atoms with Gasteiger partial charge in [0.05, 0.1) is 13.2 Å². The van der Waals surface area contributed by atoms with Gasteiger partial charge in [0.1, 0.15) is 11.5 Å². The lowest BCUT2D eigenvalue weighted by Gasteiger charge is -2.28. The van der Waals surface area contributed by atoms with Gasteiger partial charge < -0.3 is 14.1 Å². The Labute approximate surface area is 172 Å². The fourth-order valence-electron chi connectivity index (χ4n) is 3.15. The van der Waals surface area contributed by atoms with Gasteiger partial charge in [-0.25, -0.2) is 0 Å². The van der Waals surface area contributed by atoms with Crippen LogP contribution in [0.3, 0.4) is 0 Å². The van der Waals surface area contributed by atoms with Crippen molar-refractivity contribution in [3.05, 3.63) is 82.5 Å². The summed E-state index contributed by atoms with van der Waals surface area (Å²) in [4.78, 5) is 14.7. The molecule has 0 aliphatic carbocycles. The Hall–Kier alpha value is -2.63. The molecule has 1 fully saturated rings. The topological polar surface area (TPSA) is 42.7 Å². The number of ketones is 1. The van der Waals surface area contributed by atoms with Crippen LogP contribution in [0.15, 0.2) is 75.6 Å². The zero-order chi connectivity index (χ0) is 19.3. The van der Waals surface area contributed by atoms with Crippen molar-refractivity contribution in [3.8, 4) is 11.3 Å². The van der Waals surface area contributed by atoms with E-state index in [9.17, 15) is 4.79 Å². The van der Waals surface area contributed by atoms with Crippen molar-refractivity contribution in [2.75, 3.05) is 31.2 Å². The van der Waals surface area contributed by atoms with Gasteiger partial charge in [-0.05, 0) is 60.7 Å². The molecule has 5 heteroatoms. The molecule has 0 unspecified atom stereocenters. The summed E-state index contributed by atoms with van der Waals surface area (Å²) in [6.07, 6.45) is 3.26. The number of anilines is 1. The molecule has 0 bridgehead atoms. The summed E-state index contributed by atoms with van der Waals surface area (Å²) in [6, 6.07) is 19.4. The van der Waals surface area contributed by atoms with E-state index in [0.717, 1.165) is 47.8 Å². The highest BCUT2D eigenvalue weighted by Gasteiger charge is 2.11. The molecule has 0 atom stereocenters. The molecule has 3 aromatic rings. The molecule has 0 N–H and O–H groups in total. The number of carbonyl (C=O) groups is 1. The molecule has 142 valence electrons. The highest BCUT2D eigenvalue weighted by atomic mass is 79.9. The van der Waals surface area contributed by atoms with E-state index in [0.29, 0.717) is 11.3 Å². The number of hydrogen-bond acceptors (Lipinski definition) is 4. The molecule has 0 radical (unpaired) electrons. The van der Waals surface area contributed by atoms with E-state index in [1.165, 1.54) is 0 Å². The number of ether oxygens (including phenoxy) is 1. The van der Waals surface area contributed by atoms with Gasteiger partial charge in [-0.2, -0.15) is 0 Å². The van der Waals surface area contributed by atoms with E-state index in [1.54, 1.807) is 12.2 Å². The largest absolute Gasteiger partial charge is 0.457 e. The summed E-state index contributed by atoms with van der Waals surface area (Å²) >= 11 is 3.46. The number of furan rings is 1. The van der Waals surface area contributed by atoms with Crippen molar-refractivity contribution in [1.29, 1.82) is 0 Å². The van der Waals surface area contributed by atoms with Crippen LogP contribution in [0.4, 0.5) is 5.69 Å². The van der Waals surface area contributed by atoms with Crippen molar-refractivity contribution >= 4 is 33.5 Å². The first-order valence-corrected chi connectivity index (χ1v) is 9.99.